The number of nitrogens with one attached hydrogen (secondary N) is 1. The van der Waals surface area contributed by atoms with Gasteiger partial charge in [-0.1, -0.05) is 19.9 Å². The van der Waals surface area contributed by atoms with Crippen molar-refractivity contribution in [2.75, 3.05) is 13.7 Å². The fourth-order valence-electron chi connectivity index (χ4n) is 1.41. The van der Waals surface area contributed by atoms with Crippen molar-refractivity contribution in [3.8, 4) is 5.75 Å². The summed E-state index contributed by atoms with van der Waals surface area (Å²) in [6, 6.07) is 6.28. The van der Waals surface area contributed by atoms with Crippen molar-refractivity contribution in [3.63, 3.8) is 0 Å². The summed E-state index contributed by atoms with van der Waals surface area (Å²) in [5, 5.41) is 3.15. The molecule has 0 saturated heterocycles. The molecule has 2 nitrogen and oxygen atoms in total. The predicted octanol–water partition coefficient (Wildman–Crippen LogP) is 3.00. The standard InChI is InChI=1S/C13H21NO.H2/c1-10(2)9-15-13-6-5-12(8-14-4)11(3)7-13;/h5-7,10,14H,8-9H2,1-4H3;1H. The van der Waals surface area contributed by atoms with Gasteiger partial charge in [0.15, 0.2) is 0 Å². The van der Waals surface area contributed by atoms with E-state index in [-0.39, 0.29) is 1.43 Å². The molecule has 1 rings (SSSR count). The molecule has 0 fully saturated rings. The highest BCUT2D eigenvalue weighted by molar-refractivity contribution is 5.34. The van der Waals surface area contributed by atoms with Crippen molar-refractivity contribution < 1.29 is 6.16 Å². The van der Waals surface area contributed by atoms with Gasteiger partial charge in [0, 0.05) is 7.97 Å². The van der Waals surface area contributed by atoms with Crippen LogP contribution in [-0.2, 0) is 6.54 Å². The Kier molecular flexibility index (Phi) is 4.63. The Morgan fingerprint density at radius 2 is 2.13 bits per heavy atom. The molecule has 0 aromatic heterocycles. The molecular weight excluding hydrogens is 186 g/mol. The van der Waals surface area contributed by atoms with Crippen molar-refractivity contribution >= 4 is 0 Å². The zero-order valence-electron chi connectivity index (χ0n) is 10.1. The highest BCUT2D eigenvalue weighted by Crippen LogP contribution is 2.17. The number of rotatable bonds is 5. The summed E-state index contributed by atoms with van der Waals surface area (Å²) in [7, 11) is 1.96. The third kappa shape index (κ3) is 3.92. The lowest BCUT2D eigenvalue weighted by molar-refractivity contribution is 0.271. The molecule has 15 heavy (non-hydrogen) atoms. The van der Waals surface area contributed by atoms with Gasteiger partial charge in [-0.05, 0) is 43.1 Å². The van der Waals surface area contributed by atoms with Gasteiger partial charge >= 0.3 is 0 Å². The van der Waals surface area contributed by atoms with Crippen LogP contribution in [0.2, 0.25) is 0 Å². The molecule has 0 aliphatic carbocycles. The molecule has 86 valence electrons. The lowest BCUT2D eigenvalue weighted by Gasteiger charge is -2.11. The lowest BCUT2D eigenvalue weighted by Crippen LogP contribution is -2.08. The van der Waals surface area contributed by atoms with E-state index in [1.807, 2.05) is 13.1 Å². The maximum atomic E-state index is 5.66. The van der Waals surface area contributed by atoms with E-state index in [1.165, 1.54) is 11.1 Å². The normalized spacial score (nSPS) is 10.7. The molecule has 1 aromatic carbocycles. The van der Waals surface area contributed by atoms with Crippen LogP contribution >= 0.6 is 0 Å². The Bertz CT molecular complexity index is 313. The molecule has 1 aromatic rings. The van der Waals surface area contributed by atoms with Gasteiger partial charge in [0.2, 0.25) is 0 Å². The number of aryl methyl sites for hydroxylation is 1. The summed E-state index contributed by atoms with van der Waals surface area (Å²) in [5.74, 6) is 1.54. The second kappa shape index (κ2) is 5.76. The van der Waals surface area contributed by atoms with E-state index in [1.54, 1.807) is 0 Å². The SMILES string of the molecule is CNCc1ccc(OCC(C)C)cc1C.[HH]. The van der Waals surface area contributed by atoms with E-state index in [4.69, 9.17) is 4.74 Å². The summed E-state index contributed by atoms with van der Waals surface area (Å²) >= 11 is 0. The van der Waals surface area contributed by atoms with Crippen LogP contribution in [0.4, 0.5) is 0 Å². The Morgan fingerprint density at radius 3 is 2.67 bits per heavy atom. The molecule has 0 radical (unpaired) electrons. The molecule has 0 heterocycles. The smallest absolute Gasteiger partial charge is 0.119 e. The molecule has 2 heteroatoms. The van der Waals surface area contributed by atoms with Crippen LogP contribution in [-0.4, -0.2) is 13.7 Å². The number of hydrogen-bond acceptors (Lipinski definition) is 2. The molecule has 0 aliphatic rings. The molecule has 0 atom stereocenters. The monoisotopic (exact) mass is 209 g/mol. The fraction of sp³-hybridized carbons (Fsp3) is 0.538. The number of hydrogen-bond donors (Lipinski definition) is 1. The Morgan fingerprint density at radius 1 is 1.40 bits per heavy atom. The summed E-state index contributed by atoms with van der Waals surface area (Å²) in [5.41, 5.74) is 2.61. The zero-order valence-corrected chi connectivity index (χ0v) is 10.1. The summed E-state index contributed by atoms with van der Waals surface area (Å²) in [6.07, 6.45) is 0. The van der Waals surface area contributed by atoms with E-state index in [0.717, 1.165) is 18.9 Å². The molecule has 0 bridgehead atoms. The van der Waals surface area contributed by atoms with Crippen molar-refractivity contribution in [1.82, 2.24) is 5.32 Å². The Hall–Kier alpha value is -1.02. The molecule has 0 saturated carbocycles. The van der Waals surface area contributed by atoms with Gasteiger partial charge < -0.3 is 10.1 Å². The van der Waals surface area contributed by atoms with Crippen LogP contribution in [0.5, 0.6) is 5.75 Å². The molecule has 0 aliphatic heterocycles. The van der Waals surface area contributed by atoms with Crippen LogP contribution in [0.15, 0.2) is 18.2 Å². The quantitative estimate of drug-likeness (QED) is 0.805. The lowest BCUT2D eigenvalue weighted by atomic mass is 10.1. The number of ether oxygens (including phenoxy) is 1. The molecule has 0 unspecified atom stereocenters. The minimum atomic E-state index is 0. The highest BCUT2D eigenvalue weighted by Gasteiger charge is 2.01. The van der Waals surface area contributed by atoms with E-state index in [9.17, 15) is 0 Å². The van der Waals surface area contributed by atoms with Crippen LogP contribution in [0.1, 0.15) is 26.4 Å². The second-order valence-corrected chi connectivity index (χ2v) is 4.32. The van der Waals surface area contributed by atoms with E-state index < -0.39 is 0 Å². The summed E-state index contributed by atoms with van der Waals surface area (Å²) < 4.78 is 5.66. The Labute approximate surface area is 94.1 Å². The van der Waals surface area contributed by atoms with E-state index in [0.29, 0.717) is 5.92 Å². The van der Waals surface area contributed by atoms with Gasteiger partial charge in [-0.2, -0.15) is 0 Å². The van der Waals surface area contributed by atoms with Crippen molar-refractivity contribution in [1.29, 1.82) is 0 Å². The van der Waals surface area contributed by atoms with Crippen molar-refractivity contribution in [2.45, 2.75) is 27.3 Å². The molecule has 0 spiro atoms. The van der Waals surface area contributed by atoms with Crippen molar-refractivity contribution in [2.24, 2.45) is 5.92 Å². The van der Waals surface area contributed by atoms with Gasteiger partial charge in [0.05, 0.1) is 6.61 Å². The van der Waals surface area contributed by atoms with Gasteiger partial charge in [0.1, 0.15) is 5.75 Å². The van der Waals surface area contributed by atoms with E-state index >= 15 is 0 Å². The first-order valence-electron chi connectivity index (χ1n) is 5.50. The minimum absolute atomic E-state index is 0. The van der Waals surface area contributed by atoms with Crippen molar-refractivity contribution in [3.05, 3.63) is 29.3 Å². The first-order chi connectivity index (χ1) is 7.13. The maximum absolute atomic E-state index is 5.66. The number of benzene rings is 1. The van der Waals surface area contributed by atoms with Gasteiger partial charge in [-0.15, -0.1) is 0 Å². The Balaban J connectivity index is 0.00000225. The molecule has 0 amide bonds. The summed E-state index contributed by atoms with van der Waals surface area (Å²) in [6.45, 7) is 8.13. The van der Waals surface area contributed by atoms with Crippen LogP contribution in [0, 0.1) is 12.8 Å². The predicted molar refractivity (Wildman–Crippen MR) is 66.4 cm³/mol. The second-order valence-electron chi connectivity index (χ2n) is 4.32. The zero-order chi connectivity index (χ0) is 11.3. The van der Waals surface area contributed by atoms with Gasteiger partial charge in [0.25, 0.3) is 0 Å². The van der Waals surface area contributed by atoms with Crippen LogP contribution < -0.4 is 10.1 Å². The first-order valence-corrected chi connectivity index (χ1v) is 5.50. The largest absolute Gasteiger partial charge is 0.493 e. The van der Waals surface area contributed by atoms with Crippen LogP contribution in [0.3, 0.4) is 0 Å². The maximum Gasteiger partial charge on any atom is 0.119 e. The average molecular weight is 209 g/mol. The van der Waals surface area contributed by atoms with Gasteiger partial charge in [-0.3, -0.25) is 0 Å². The third-order valence-corrected chi connectivity index (χ3v) is 2.26. The minimum Gasteiger partial charge on any atom is -0.493 e. The molecular formula is C13H23NO. The van der Waals surface area contributed by atoms with Crippen LogP contribution in [0.25, 0.3) is 0 Å². The third-order valence-electron chi connectivity index (χ3n) is 2.26. The highest BCUT2D eigenvalue weighted by atomic mass is 16.5. The van der Waals surface area contributed by atoms with E-state index in [2.05, 4.69) is 38.2 Å². The summed E-state index contributed by atoms with van der Waals surface area (Å²) in [4.78, 5) is 0. The topological polar surface area (TPSA) is 21.3 Å². The first kappa shape index (κ1) is 12.1. The van der Waals surface area contributed by atoms with Gasteiger partial charge in [-0.25, -0.2) is 0 Å². The molecule has 1 N–H and O–H groups in total. The fourth-order valence-corrected chi connectivity index (χ4v) is 1.41. The average Bonchev–Trinajstić information content (AvgIpc) is 2.19.